The number of amides is 1. The Labute approximate surface area is 165 Å². The lowest BCUT2D eigenvalue weighted by atomic mass is 9.96. The van der Waals surface area contributed by atoms with Gasteiger partial charge in [-0.2, -0.15) is 0 Å². The Balaban J connectivity index is 1.86. The summed E-state index contributed by atoms with van der Waals surface area (Å²) in [6.07, 6.45) is 3.07. The average molecular weight is 394 g/mol. The van der Waals surface area contributed by atoms with Gasteiger partial charge >= 0.3 is 5.97 Å². The number of likely N-dealkylation sites (tertiary alicyclic amines) is 1. The number of carbonyl (C=O) groups is 2. The summed E-state index contributed by atoms with van der Waals surface area (Å²) in [5.41, 5.74) is -0.669. The van der Waals surface area contributed by atoms with E-state index in [4.69, 9.17) is 14.2 Å². The maximum atomic E-state index is 12.4. The molecule has 1 aromatic rings. The van der Waals surface area contributed by atoms with Gasteiger partial charge in [-0.05, 0) is 57.1 Å². The summed E-state index contributed by atoms with van der Waals surface area (Å²) in [4.78, 5) is 26.2. The van der Waals surface area contributed by atoms with E-state index in [1.807, 2.05) is 4.90 Å². The van der Waals surface area contributed by atoms with Gasteiger partial charge in [0.25, 0.3) is 5.91 Å². The zero-order chi connectivity index (χ0) is 20.4. The zero-order valence-electron chi connectivity index (χ0n) is 16.6. The van der Waals surface area contributed by atoms with E-state index in [0.717, 1.165) is 32.4 Å². The van der Waals surface area contributed by atoms with Crippen LogP contribution in [0.3, 0.4) is 0 Å². The fourth-order valence-corrected chi connectivity index (χ4v) is 3.08. The molecule has 8 heteroatoms. The minimum atomic E-state index is -1.11. The molecule has 28 heavy (non-hydrogen) atoms. The Morgan fingerprint density at radius 3 is 2.43 bits per heavy atom. The number of benzene rings is 1. The van der Waals surface area contributed by atoms with Crippen LogP contribution < -0.4 is 10.1 Å². The Morgan fingerprint density at radius 1 is 1.14 bits per heavy atom. The van der Waals surface area contributed by atoms with Crippen LogP contribution in [-0.2, 0) is 14.3 Å². The predicted octanol–water partition coefficient (Wildman–Crippen LogP) is 1.74. The summed E-state index contributed by atoms with van der Waals surface area (Å²) < 4.78 is 15.5. The second kappa shape index (κ2) is 11.0. The minimum absolute atomic E-state index is 0.0484. The van der Waals surface area contributed by atoms with Crippen LogP contribution in [-0.4, -0.2) is 74.2 Å². The van der Waals surface area contributed by atoms with Crippen molar-refractivity contribution >= 4 is 11.9 Å². The van der Waals surface area contributed by atoms with Crippen molar-refractivity contribution in [3.05, 3.63) is 29.8 Å². The number of aliphatic carboxylic acids is 1. The highest BCUT2D eigenvalue weighted by Gasteiger charge is 2.40. The van der Waals surface area contributed by atoms with Crippen molar-refractivity contribution in [1.29, 1.82) is 0 Å². The lowest BCUT2D eigenvalue weighted by molar-refractivity contribution is -0.150. The van der Waals surface area contributed by atoms with E-state index >= 15 is 0 Å². The monoisotopic (exact) mass is 394 g/mol. The third-order valence-corrected chi connectivity index (χ3v) is 4.97. The smallest absolute Gasteiger partial charge is 0.325 e. The van der Waals surface area contributed by atoms with Gasteiger partial charge in [-0.25, -0.2) is 0 Å². The van der Waals surface area contributed by atoms with E-state index in [9.17, 15) is 14.7 Å². The lowest BCUT2D eigenvalue weighted by Crippen LogP contribution is -2.60. The van der Waals surface area contributed by atoms with E-state index in [1.165, 1.54) is 0 Å². The second-order valence-electron chi connectivity index (χ2n) is 7.00. The molecule has 156 valence electrons. The fraction of sp³-hybridized carbons (Fsp3) is 0.600. The molecule has 1 fully saturated rings. The molecule has 0 spiro atoms. The first-order valence-corrected chi connectivity index (χ1v) is 9.53. The van der Waals surface area contributed by atoms with Crippen LogP contribution in [0.5, 0.6) is 5.75 Å². The lowest BCUT2D eigenvalue weighted by Gasteiger charge is -2.40. The number of hydrogen-bond donors (Lipinski definition) is 2. The molecule has 0 saturated carbocycles. The van der Waals surface area contributed by atoms with E-state index in [1.54, 1.807) is 38.3 Å². The number of methoxy groups -OCH3 is 1. The number of carboxylic acid groups (broad SMARTS) is 1. The van der Waals surface area contributed by atoms with Crippen LogP contribution in [0.4, 0.5) is 0 Å². The standard InChI is InChI=1S/C20H30N2O6/c1-20(19(24)25,22-10-4-3-5-11-22)14-21-18(23)16-6-8-17(9-7-16)28-15-27-13-12-26-2/h6-9H,3-5,10-15H2,1-2H3,(H,21,23)(H,24,25)/t20-/m0/s1. The molecule has 1 amide bonds. The number of rotatable bonds is 11. The molecule has 1 aliphatic heterocycles. The van der Waals surface area contributed by atoms with Crippen molar-refractivity contribution < 1.29 is 28.9 Å². The van der Waals surface area contributed by atoms with Gasteiger partial charge in [-0.1, -0.05) is 6.42 Å². The van der Waals surface area contributed by atoms with Crippen LogP contribution in [0.25, 0.3) is 0 Å². The van der Waals surface area contributed by atoms with Gasteiger partial charge in [0, 0.05) is 19.2 Å². The molecular formula is C20H30N2O6. The van der Waals surface area contributed by atoms with Crippen molar-refractivity contribution in [2.75, 3.05) is 46.8 Å². The highest BCUT2D eigenvalue weighted by Crippen LogP contribution is 2.21. The molecule has 2 N–H and O–H groups in total. The van der Waals surface area contributed by atoms with Crippen molar-refractivity contribution in [3.8, 4) is 5.75 Å². The van der Waals surface area contributed by atoms with Crippen molar-refractivity contribution in [3.63, 3.8) is 0 Å². The maximum absolute atomic E-state index is 12.4. The number of piperidine rings is 1. The third-order valence-electron chi connectivity index (χ3n) is 4.97. The molecule has 0 aliphatic carbocycles. The Hall–Kier alpha value is -2.16. The van der Waals surface area contributed by atoms with Gasteiger partial charge in [-0.15, -0.1) is 0 Å². The molecule has 1 atom stereocenters. The largest absolute Gasteiger partial charge is 0.480 e. The van der Waals surface area contributed by atoms with Crippen molar-refractivity contribution in [1.82, 2.24) is 10.2 Å². The number of nitrogens with one attached hydrogen (secondary N) is 1. The van der Waals surface area contributed by atoms with Crippen LogP contribution in [0, 0.1) is 0 Å². The molecule has 1 heterocycles. The van der Waals surface area contributed by atoms with E-state index in [2.05, 4.69) is 5.32 Å². The van der Waals surface area contributed by atoms with E-state index < -0.39 is 11.5 Å². The van der Waals surface area contributed by atoms with E-state index in [0.29, 0.717) is 24.5 Å². The molecule has 0 aromatic heterocycles. The molecule has 8 nitrogen and oxygen atoms in total. The maximum Gasteiger partial charge on any atom is 0.325 e. The number of hydrogen-bond acceptors (Lipinski definition) is 6. The van der Waals surface area contributed by atoms with Gasteiger partial charge in [0.1, 0.15) is 11.3 Å². The number of carboxylic acids is 1. The summed E-state index contributed by atoms with van der Waals surface area (Å²) in [6.45, 7) is 4.22. The van der Waals surface area contributed by atoms with Gasteiger partial charge in [-0.3, -0.25) is 14.5 Å². The molecule has 0 bridgehead atoms. The van der Waals surface area contributed by atoms with Crippen molar-refractivity contribution in [2.24, 2.45) is 0 Å². The first-order valence-electron chi connectivity index (χ1n) is 9.53. The minimum Gasteiger partial charge on any atom is -0.480 e. The quantitative estimate of drug-likeness (QED) is 0.436. The van der Waals surface area contributed by atoms with Gasteiger partial charge in [0.15, 0.2) is 6.79 Å². The van der Waals surface area contributed by atoms with Crippen LogP contribution in [0.2, 0.25) is 0 Å². The van der Waals surface area contributed by atoms with Gasteiger partial charge < -0.3 is 24.6 Å². The van der Waals surface area contributed by atoms with Gasteiger partial charge in [0.2, 0.25) is 0 Å². The summed E-state index contributed by atoms with van der Waals surface area (Å²) in [6, 6.07) is 6.63. The highest BCUT2D eigenvalue weighted by molar-refractivity contribution is 5.94. The molecule has 2 rings (SSSR count). The Kier molecular flexibility index (Phi) is 8.69. The highest BCUT2D eigenvalue weighted by atomic mass is 16.7. The first kappa shape index (κ1) is 22.1. The van der Waals surface area contributed by atoms with E-state index in [-0.39, 0.29) is 19.2 Å². The SMILES string of the molecule is COCCOCOc1ccc(C(=O)NC[C@@](C)(C(=O)O)N2CCCCC2)cc1. The molecule has 1 aliphatic rings. The molecule has 1 aromatic carbocycles. The second-order valence-corrected chi connectivity index (χ2v) is 7.00. The predicted molar refractivity (Wildman–Crippen MR) is 104 cm³/mol. The summed E-state index contributed by atoms with van der Waals surface area (Å²) in [5.74, 6) is -0.656. The van der Waals surface area contributed by atoms with Gasteiger partial charge in [0.05, 0.1) is 13.2 Å². The average Bonchev–Trinajstić information content (AvgIpc) is 2.72. The zero-order valence-corrected chi connectivity index (χ0v) is 16.6. The number of carbonyl (C=O) groups excluding carboxylic acids is 1. The molecule has 1 saturated heterocycles. The topological polar surface area (TPSA) is 97.3 Å². The van der Waals surface area contributed by atoms with Crippen molar-refractivity contribution in [2.45, 2.75) is 31.7 Å². The van der Waals surface area contributed by atoms with Crippen LogP contribution >= 0.6 is 0 Å². The molecule has 0 radical (unpaired) electrons. The summed E-state index contributed by atoms with van der Waals surface area (Å²) in [7, 11) is 1.60. The fourth-order valence-electron chi connectivity index (χ4n) is 3.08. The summed E-state index contributed by atoms with van der Waals surface area (Å²) in [5, 5.41) is 12.5. The summed E-state index contributed by atoms with van der Waals surface area (Å²) >= 11 is 0. The Bertz CT molecular complexity index is 630. The number of nitrogens with zero attached hydrogens (tertiary/aromatic N) is 1. The Morgan fingerprint density at radius 2 is 1.82 bits per heavy atom. The first-order chi connectivity index (χ1) is 13.5. The molecule has 0 unspecified atom stereocenters. The third kappa shape index (κ3) is 6.19. The normalized spacial score (nSPS) is 16.9. The number of ether oxygens (including phenoxy) is 3. The van der Waals surface area contributed by atoms with Crippen LogP contribution in [0.15, 0.2) is 24.3 Å². The van der Waals surface area contributed by atoms with Crippen LogP contribution in [0.1, 0.15) is 36.5 Å². The molecular weight excluding hydrogens is 364 g/mol.